The lowest BCUT2D eigenvalue weighted by molar-refractivity contribution is 0.249. The van der Waals surface area contributed by atoms with Crippen LogP contribution in [0.25, 0.3) is 0 Å². The largest absolute Gasteiger partial charge is 0.295 e. The average molecular weight is 243 g/mol. The first kappa shape index (κ1) is 12.8. The summed E-state index contributed by atoms with van der Waals surface area (Å²) >= 11 is 0. The van der Waals surface area contributed by atoms with Crippen LogP contribution in [0.1, 0.15) is 24.1 Å². The Morgan fingerprint density at radius 2 is 1.61 bits per heavy atom. The van der Waals surface area contributed by atoms with Gasteiger partial charge < -0.3 is 0 Å². The van der Waals surface area contributed by atoms with Crippen LogP contribution in [0.15, 0.2) is 54.6 Å². The van der Waals surface area contributed by atoms with Crippen molar-refractivity contribution in [2.45, 2.75) is 19.5 Å². The van der Waals surface area contributed by atoms with Gasteiger partial charge in [0, 0.05) is 18.2 Å². The van der Waals surface area contributed by atoms with Crippen LogP contribution >= 0.6 is 0 Å². The van der Waals surface area contributed by atoms with Crippen molar-refractivity contribution in [2.24, 2.45) is 0 Å². The summed E-state index contributed by atoms with van der Waals surface area (Å²) in [5.74, 6) is -0.135. The summed E-state index contributed by atoms with van der Waals surface area (Å²) in [6, 6.07) is 17.5. The van der Waals surface area contributed by atoms with Gasteiger partial charge in [-0.1, -0.05) is 48.5 Å². The van der Waals surface area contributed by atoms with Gasteiger partial charge >= 0.3 is 0 Å². The molecule has 0 fully saturated rings. The van der Waals surface area contributed by atoms with E-state index in [1.165, 1.54) is 11.6 Å². The summed E-state index contributed by atoms with van der Waals surface area (Å²) in [4.78, 5) is 2.15. The van der Waals surface area contributed by atoms with Gasteiger partial charge in [0.1, 0.15) is 5.82 Å². The van der Waals surface area contributed by atoms with E-state index in [4.69, 9.17) is 0 Å². The van der Waals surface area contributed by atoms with Gasteiger partial charge in [-0.25, -0.2) is 4.39 Å². The van der Waals surface area contributed by atoms with E-state index in [0.29, 0.717) is 6.54 Å². The molecule has 0 bridgehead atoms. The Bertz CT molecular complexity index is 495. The number of halogens is 1. The zero-order chi connectivity index (χ0) is 13.0. The summed E-state index contributed by atoms with van der Waals surface area (Å²) in [6.07, 6.45) is 0. The Labute approximate surface area is 108 Å². The van der Waals surface area contributed by atoms with E-state index >= 15 is 0 Å². The van der Waals surface area contributed by atoms with Crippen LogP contribution in [-0.4, -0.2) is 11.9 Å². The molecule has 2 aromatic carbocycles. The fraction of sp³-hybridized carbons (Fsp3) is 0.250. The second kappa shape index (κ2) is 5.78. The second-order valence-corrected chi connectivity index (χ2v) is 4.59. The molecule has 1 unspecified atom stereocenters. The van der Waals surface area contributed by atoms with Gasteiger partial charge in [0.2, 0.25) is 0 Å². The van der Waals surface area contributed by atoms with Crippen molar-refractivity contribution in [2.75, 3.05) is 7.05 Å². The van der Waals surface area contributed by atoms with Crippen molar-refractivity contribution in [3.8, 4) is 0 Å². The minimum absolute atomic E-state index is 0.135. The molecule has 2 heteroatoms. The van der Waals surface area contributed by atoms with E-state index in [0.717, 1.165) is 5.56 Å². The van der Waals surface area contributed by atoms with Crippen molar-refractivity contribution in [3.05, 3.63) is 71.5 Å². The normalized spacial score (nSPS) is 12.7. The molecule has 1 atom stereocenters. The molecule has 0 saturated heterocycles. The van der Waals surface area contributed by atoms with E-state index in [9.17, 15) is 4.39 Å². The van der Waals surface area contributed by atoms with E-state index in [1.807, 2.05) is 37.4 Å². The van der Waals surface area contributed by atoms with Crippen LogP contribution in [0.5, 0.6) is 0 Å². The van der Waals surface area contributed by atoms with Crippen LogP contribution in [-0.2, 0) is 6.54 Å². The molecule has 0 spiro atoms. The molecular formula is C16H18FN. The molecular weight excluding hydrogens is 225 g/mol. The van der Waals surface area contributed by atoms with Crippen LogP contribution in [0, 0.1) is 5.82 Å². The zero-order valence-corrected chi connectivity index (χ0v) is 10.8. The molecule has 0 aromatic heterocycles. The third-order valence-electron chi connectivity index (χ3n) is 3.32. The fourth-order valence-electron chi connectivity index (χ4n) is 2.02. The lowest BCUT2D eigenvalue weighted by Gasteiger charge is -2.25. The first-order valence-electron chi connectivity index (χ1n) is 6.17. The molecule has 0 heterocycles. The van der Waals surface area contributed by atoms with E-state index in [2.05, 4.69) is 24.0 Å². The highest BCUT2D eigenvalue weighted by Gasteiger charge is 2.12. The Balaban J connectivity index is 2.09. The average Bonchev–Trinajstić information content (AvgIpc) is 2.41. The summed E-state index contributed by atoms with van der Waals surface area (Å²) in [5.41, 5.74) is 1.99. The fourth-order valence-corrected chi connectivity index (χ4v) is 2.02. The molecule has 0 amide bonds. The quantitative estimate of drug-likeness (QED) is 0.784. The number of hydrogen-bond acceptors (Lipinski definition) is 1. The van der Waals surface area contributed by atoms with Gasteiger partial charge in [0.15, 0.2) is 0 Å². The summed E-state index contributed by atoms with van der Waals surface area (Å²) < 4.78 is 13.6. The highest BCUT2D eigenvalue weighted by molar-refractivity contribution is 5.20. The van der Waals surface area contributed by atoms with Gasteiger partial charge in [0.05, 0.1) is 0 Å². The zero-order valence-electron chi connectivity index (χ0n) is 10.8. The van der Waals surface area contributed by atoms with Crippen molar-refractivity contribution in [1.82, 2.24) is 4.90 Å². The highest BCUT2D eigenvalue weighted by atomic mass is 19.1. The highest BCUT2D eigenvalue weighted by Crippen LogP contribution is 2.21. The number of rotatable bonds is 4. The maximum Gasteiger partial charge on any atom is 0.127 e. The third kappa shape index (κ3) is 2.96. The van der Waals surface area contributed by atoms with E-state index in [1.54, 1.807) is 6.07 Å². The first-order chi connectivity index (χ1) is 8.68. The van der Waals surface area contributed by atoms with Gasteiger partial charge in [-0.15, -0.1) is 0 Å². The standard InChI is InChI=1S/C16H18FN/c1-13(14-8-4-3-5-9-14)18(2)12-15-10-6-7-11-16(15)17/h3-11,13H,12H2,1-2H3. The summed E-state index contributed by atoms with van der Waals surface area (Å²) in [7, 11) is 2.02. The molecule has 1 nitrogen and oxygen atoms in total. The Morgan fingerprint density at radius 3 is 2.28 bits per heavy atom. The monoisotopic (exact) mass is 243 g/mol. The molecule has 0 N–H and O–H groups in total. The minimum atomic E-state index is -0.135. The lowest BCUT2D eigenvalue weighted by Crippen LogP contribution is -2.22. The number of hydrogen-bond donors (Lipinski definition) is 0. The lowest BCUT2D eigenvalue weighted by atomic mass is 10.1. The Morgan fingerprint density at radius 1 is 1.00 bits per heavy atom. The van der Waals surface area contributed by atoms with Gasteiger partial charge in [-0.2, -0.15) is 0 Å². The topological polar surface area (TPSA) is 3.24 Å². The predicted molar refractivity (Wildman–Crippen MR) is 72.7 cm³/mol. The van der Waals surface area contributed by atoms with Crippen LogP contribution in [0.3, 0.4) is 0 Å². The molecule has 94 valence electrons. The smallest absolute Gasteiger partial charge is 0.127 e. The molecule has 0 aliphatic carbocycles. The molecule has 2 rings (SSSR count). The second-order valence-electron chi connectivity index (χ2n) is 4.59. The van der Waals surface area contributed by atoms with Crippen molar-refractivity contribution in [3.63, 3.8) is 0 Å². The minimum Gasteiger partial charge on any atom is -0.295 e. The summed E-state index contributed by atoms with van der Waals surface area (Å²) in [6.45, 7) is 2.75. The molecule has 0 saturated carbocycles. The molecule has 0 radical (unpaired) electrons. The molecule has 0 aliphatic rings. The number of benzene rings is 2. The molecule has 2 aromatic rings. The molecule has 0 aliphatic heterocycles. The maximum atomic E-state index is 13.6. The van der Waals surface area contributed by atoms with Crippen LogP contribution < -0.4 is 0 Å². The van der Waals surface area contributed by atoms with Gasteiger partial charge in [-0.3, -0.25) is 4.90 Å². The van der Waals surface area contributed by atoms with Gasteiger partial charge in [0.25, 0.3) is 0 Å². The summed E-state index contributed by atoms with van der Waals surface area (Å²) in [5, 5.41) is 0. The Hall–Kier alpha value is -1.67. The van der Waals surface area contributed by atoms with Crippen molar-refractivity contribution < 1.29 is 4.39 Å². The number of nitrogens with zero attached hydrogens (tertiary/aromatic N) is 1. The van der Waals surface area contributed by atoms with E-state index in [-0.39, 0.29) is 11.9 Å². The van der Waals surface area contributed by atoms with Crippen molar-refractivity contribution >= 4 is 0 Å². The molecule has 18 heavy (non-hydrogen) atoms. The maximum absolute atomic E-state index is 13.6. The Kier molecular flexibility index (Phi) is 4.11. The first-order valence-corrected chi connectivity index (χ1v) is 6.17. The third-order valence-corrected chi connectivity index (χ3v) is 3.32. The SMILES string of the molecule is CC(c1ccccc1)N(C)Cc1ccccc1F. The van der Waals surface area contributed by atoms with E-state index < -0.39 is 0 Å². The van der Waals surface area contributed by atoms with Crippen molar-refractivity contribution in [1.29, 1.82) is 0 Å². The predicted octanol–water partition coefficient (Wildman–Crippen LogP) is 4.02. The van der Waals surface area contributed by atoms with Crippen LogP contribution in [0.4, 0.5) is 4.39 Å². The van der Waals surface area contributed by atoms with Gasteiger partial charge in [-0.05, 0) is 25.6 Å². The van der Waals surface area contributed by atoms with Crippen LogP contribution in [0.2, 0.25) is 0 Å².